The molecular formula is C35H44N6O5S. The van der Waals surface area contributed by atoms with E-state index in [1.807, 2.05) is 40.1 Å². The number of fused-ring (bicyclic) bond motifs is 1. The number of nitrogens with zero attached hydrogens (tertiary/aromatic N) is 4. The number of rotatable bonds is 9. The van der Waals surface area contributed by atoms with Crippen LogP contribution < -0.4 is 14.8 Å². The number of aryl methyl sites for hydroxylation is 2. The van der Waals surface area contributed by atoms with Gasteiger partial charge in [0, 0.05) is 36.3 Å². The Hall–Kier alpha value is -4.45. The fraction of sp³-hybridized carbons (Fsp3) is 0.429. The number of anilines is 2. The van der Waals surface area contributed by atoms with Crippen molar-refractivity contribution >= 4 is 38.8 Å². The van der Waals surface area contributed by atoms with Crippen LogP contribution in [0.5, 0.6) is 5.88 Å². The Kier molecular flexibility index (Phi) is 9.90. The number of pyridine rings is 1. The lowest BCUT2D eigenvalue weighted by molar-refractivity contribution is 0.0185. The number of aromatic nitrogens is 3. The van der Waals surface area contributed by atoms with Gasteiger partial charge in [0.1, 0.15) is 11.4 Å². The number of methoxy groups -OCH3 is 1. The molecule has 12 heteroatoms. The minimum atomic E-state index is -3.83. The number of nitrogens with one attached hydrogen (secondary N) is 2. The molecule has 0 atom stereocenters. The predicted octanol–water partition coefficient (Wildman–Crippen LogP) is 6.96. The summed E-state index contributed by atoms with van der Waals surface area (Å²) in [5.74, 6) is 1.03. The molecule has 0 bridgehead atoms. The van der Waals surface area contributed by atoms with E-state index in [-0.39, 0.29) is 28.9 Å². The van der Waals surface area contributed by atoms with Crippen molar-refractivity contribution < 1.29 is 22.7 Å². The van der Waals surface area contributed by atoms with Gasteiger partial charge >= 0.3 is 6.09 Å². The van der Waals surface area contributed by atoms with Gasteiger partial charge in [0.15, 0.2) is 0 Å². The third-order valence-electron chi connectivity index (χ3n) is 8.39. The van der Waals surface area contributed by atoms with Gasteiger partial charge in [-0.05, 0) is 107 Å². The highest BCUT2D eigenvalue weighted by molar-refractivity contribution is 7.92. The Bertz CT molecular complexity index is 1870. The maximum Gasteiger partial charge on any atom is 0.410 e. The van der Waals surface area contributed by atoms with E-state index >= 15 is 0 Å². The van der Waals surface area contributed by atoms with E-state index in [0.717, 1.165) is 59.7 Å². The molecule has 0 radical (unpaired) electrons. The first kappa shape index (κ1) is 33.9. The molecule has 250 valence electrons. The van der Waals surface area contributed by atoms with Crippen molar-refractivity contribution in [3.05, 3.63) is 65.9 Å². The number of benzene rings is 2. The molecule has 5 rings (SSSR count). The standard InChI is InChI=1S/C35H44N6O5S/c1-8-23-19-24(28-17-18-30(38-32(28)45-7)40-47(43,44)29-12-10-9-11-22(29)2)20-25-21-36-33(39-31(23)25)37-26-13-15-27(16-14-26)41(6)34(42)46-35(3,4)5/h9-12,17-21,26-27H,8,13-16H2,1-7H3,(H,38,40)(H,36,37,39)/t26-,27-. The van der Waals surface area contributed by atoms with Crippen LogP contribution in [-0.4, -0.2) is 66.2 Å². The zero-order valence-electron chi connectivity index (χ0n) is 28.1. The lowest BCUT2D eigenvalue weighted by atomic mass is 9.90. The second-order valence-corrected chi connectivity index (χ2v) is 14.6. The van der Waals surface area contributed by atoms with Crippen LogP contribution in [0, 0.1) is 6.92 Å². The minimum absolute atomic E-state index is 0.138. The normalized spacial score (nSPS) is 16.8. The van der Waals surface area contributed by atoms with E-state index in [9.17, 15) is 13.2 Å². The summed E-state index contributed by atoms with van der Waals surface area (Å²) in [6.07, 6.45) is 5.79. The first-order valence-electron chi connectivity index (χ1n) is 15.9. The van der Waals surface area contributed by atoms with Crippen LogP contribution in [0.3, 0.4) is 0 Å². The first-order valence-corrected chi connectivity index (χ1v) is 17.4. The molecule has 0 aliphatic heterocycles. The Morgan fingerprint density at radius 3 is 2.43 bits per heavy atom. The van der Waals surface area contributed by atoms with E-state index in [4.69, 9.17) is 14.5 Å². The zero-order chi connectivity index (χ0) is 33.9. The third kappa shape index (κ3) is 7.93. The summed E-state index contributed by atoms with van der Waals surface area (Å²) in [5.41, 5.74) is 3.61. The van der Waals surface area contributed by atoms with Crippen LogP contribution in [-0.2, 0) is 21.2 Å². The van der Waals surface area contributed by atoms with Gasteiger partial charge in [-0.15, -0.1) is 0 Å². The topological polar surface area (TPSA) is 136 Å². The van der Waals surface area contributed by atoms with Crippen LogP contribution in [0.15, 0.2) is 59.6 Å². The zero-order valence-corrected chi connectivity index (χ0v) is 28.9. The first-order chi connectivity index (χ1) is 22.3. The molecule has 1 amide bonds. The molecule has 1 saturated carbocycles. The van der Waals surface area contributed by atoms with Gasteiger partial charge in [0.2, 0.25) is 11.8 Å². The van der Waals surface area contributed by atoms with Crippen LogP contribution in [0.25, 0.3) is 22.0 Å². The summed E-state index contributed by atoms with van der Waals surface area (Å²) in [6, 6.07) is 14.6. The Morgan fingerprint density at radius 1 is 1.04 bits per heavy atom. The fourth-order valence-corrected chi connectivity index (χ4v) is 7.16. The van der Waals surface area contributed by atoms with Gasteiger partial charge < -0.3 is 19.7 Å². The largest absolute Gasteiger partial charge is 0.480 e. The number of amides is 1. The van der Waals surface area contributed by atoms with Crippen LogP contribution in [0.1, 0.15) is 64.5 Å². The summed E-state index contributed by atoms with van der Waals surface area (Å²) in [6.45, 7) is 9.46. The molecule has 2 aromatic carbocycles. The van der Waals surface area contributed by atoms with Crippen molar-refractivity contribution in [2.45, 2.75) is 89.3 Å². The van der Waals surface area contributed by atoms with Gasteiger partial charge in [-0.1, -0.05) is 25.1 Å². The lowest BCUT2D eigenvalue weighted by Gasteiger charge is -2.35. The summed E-state index contributed by atoms with van der Waals surface area (Å²) >= 11 is 0. The number of carbonyl (C=O) groups is 1. The van der Waals surface area contributed by atoms with E-state index in [1.54, 1.807) is 48.2 Å². The van der Waals surface area contributed by atoms with Crippen molar-refractivity contribution in [1.29, 1.82) is 0 Å². The molecule has 1 fully saturated rings. The molecule has 0 unspecified atom stereocenters. The van der Waals surface area contributed by atoms with Crippen molar-refractivity contribution in [2.75, 3.05) is 24.2 Å². The maximum atomic E-state index is 13.0. The van der Waals surface area contributed by atoms with Gasteiger partial charge in [-0.25, -0.2) is 23.2 Å². The summed E-state index contributed by atoms with van der Waals surface area (Å²) in [7, 11) is -0.504. The Morgan fingerprint density at radius 2 is 1.77 bits per heavy atom. The Labute approximate surface area is 277 Å². The van der Waals surface area contributed by atoms with Crippen LogP contribution in [0.4, 0.5) is 16.6 Å². The van der Waals surface area contributed by atoms with Gasteiger partial charge in [-0.3, -0.25) is 4.72 Å². The monoisotopic (exact) mass is 660 g/mol. The van der Waals surface area contributed by atoms with E-state index in [0.29, 0.717) is 17.4 Å². The van der Waals surface area contributed by atoms with Crippen molar-refractivity contribution in [3.63, 3.8) is 0 Å². The van der Waals surface area contributed by atoms with Crippen molar-refractivity contribution in [1.82, 2.24) is 19.9 Å². The molecule has 2 N–H and O–H groups in total. The number of ether oxygens (including phenoxy) is 2. The number of hydrogen-bond acceptors (Lipinski definition) is 9. The average molecular weight is 661 g/mol. The lowest BCUT2D eigenvalue weighted by Crippen LogP contribution is -2.43. The van der Waals surface area contributed by atoms with Gasteiger partial charge in [0.05, 0.1) is 17.5 Å². The quantitative estimate of drug-likeness (QED) is 0.195. The fourth-order valence-electron chi connectivity index (χ4n) is 5.91. The molecule has 1 aliphatic carbocycles. The van der Waals surface area contributed by atoms with E-state index < -0.39 is 15.6 Å². The highest BCUT2D eigenvalue weighted by Crippen LogP contribution is 2.34. The summed E-state index contributed by atoms with van der Waals surface area (Å²) in [4.78, 5) is 28.5. The predicted molar refractivity (Wildman–Crippen MR) is 184 cm³/mol. The number of hydrogen-bond donors (Lipinski definition) is 2. The van der Waals surface area contributed by atoms with Crippen LogP contribution >= 0.6 is 0 Å². The third-order valence-corrected chi connectivity index (χ3v) is 9.90. The molecule has 1 aliphatic rings. The molecule has 4 aromatic rings. The second-order valence-electron chi connectivity index (χ2n) is 13.0. The molecule has 47 heavy (non-hydrogen) atoms. The Balaban J connectivity index is 1.31. The highest BCUT2D eigenvalue weighted by Gasteiger charge is 2.29. The molecule has 0 saturated heterocycles. The van der Waals surface area contributed by atoms with E-state index in [1.165, 1.54) is 7.11 Å². The van der Waals surface area contributed by atoms with Gasteiger partial charge in [0.25, 0.3) is 10.0 Å². The summed E-state index contributed by atoms with van der Waals surface area (Å²) < 4.78 is 39.8. The maximum absolute atomic E-state index is 13.0. The molecular weight excluding hydrogens is 616 g/mol. The second kappa shape index (κ2) is 13.7. The van der Waals surface area contributed by atoms with Crippen molar-refractivity contribution in [2.24, 2.45) is 0 Å². The molecule has 11 nitrogen and oxygen atoms in total. The smallest absolute Gasteiger partial charge is 0.410 e. The molecule has 2 heterocycles. The van der Waals surface area contributed by atoms with E-state index in [2.05, 4.69) is 33.0 Å². The SMILES string of the molecule is CCc1cc(-c2ccc(NS(=O)(=O)c3ccccc3C)nc2OC)cc2cnc(N[C@H]3CC[C@H](N(C)C(=O)OC(C)(C)C)CC3)nc12. The molecule has 0 spiro atoms. The number of sulfonamides is 1. The minimum Gasteiger partial charge on any atom is -0.480 e. The average Bonchev–Trinajstić information content (AvgIpc) is 3.03. The van der Waals surface area contributed by atoms with Crippen LogP contribution in [0.2, 0.25) is 0 Å². The van der Waals surface area contributed by atoms with Gasteiger partial charge in [-0.2, -0.15) is 4.98 Å². The van der Waals surface area contributed by atoms with Crippen molar-refractivity contribution in [3.8, 4) is 17.0 Å². The molecule has 2 aromatic heterocycles. The number of carbonyl (C=O) groups excluding carboxylic acids is 1. The highest BCUT2D eigenvalue weighted by atomic mass is 32.2. The summed E-state index contributed by atoms with van der Waals surface area (Å²) in [5, 5.41) is 4.39.